The van der Waals surface area contributed by atoms with E-state index in [0.29, 0.717) is 5.92 Å². The van der Waals surface area contributed by atoms with Crippen LogP contribution in [-0.4, -0.2) is 37.0 Å². The molecule has 1 aliphatic heterocycles. The minimum atomic E-state index is 0.0839. The first kappa shape index (κ1) is 11.5. The highest BCUT2D eigenvalue weighted by atomic mass is 16.2. The van der Waals surface area contributed by atoms with Gasteiger partial charge in [0.1, 0.15) is 0 Å². The van der Waals surface area contributed by atoms with Gasteiger partial charge in [0, 0.05) is 13.6 Å². The van der Waals surface area contributed by atoms with E-state index in [2.05, 4.69) is 19.2 Å². The highest BCUT2D eigenvalue weighted by molar-refractivity contribution is 5.83. The summed E-state index contributed by atoms with van der Waals surface area (Å²) in [6.07, 6.45) is 3.36. The molecule has 1 heterocycles. The molecule has 0 aromatic carbocycles. The summed E-state index contributed by atoms with van der Waals surface area (Å²) in [5.74, 6) is 0.977. The third-order valence-electron chi connectivity index (χ3n) is 3.24. The van der Waals surface area contributed by atoms with Gasteiger partial charge in [0.25, 0.3) is 0 Å². The Balaban J connectivity index is 2.28. The average molecular weight is 198 g/mol. The van der Waals surface area contributed by atoms with E-state index in [0.717, 1.165) is 19.5 Å². The molecule has 1 rings (SSSR count). The first-order valence-corrected chi connectivity index (χ1v) is 5.67. The summed E-state index contributed by atoms with van der Waals surface area (Å²) in [5, 5.41) is 3.37. The molecule has 0 bridgehead atoms. The number of nitrogens with zero attached hydrogens (tertiary/aromatic N) is 1. The van der Waals surface area contributed by atoms with Gasteiger partial charge in [-0.15, -0.1) is 0 Å². The molecule has 1 aliphatic rings. The normalized spacial score (nSPS) is 22.4. The van der Waals surface area contributed by atoms with Crippen molar-refractivity contribution in [2.45, 2.75) is 39.2 Å². The van der Waals surface area contributed by atoms with Crippen LogP contribution in [0.1, 0.15) is 33.1 Å². The van der Waals surface area contributed by atoms with E-state index < -0.39 is 0 Å². The van der Waals surface area contributed by atoms with E-state index >= 15 is 0 Å². The van der Waals surface area contributed by atoms with Crippen molar-refractivity contribution < 1.29 is 4.79 Å². The molecule has 1 atom stereocenters. The Morgan fingerprint density at radius 3 is 2.57 bits per heavy atom. The van der Waals surface area contributed by atoms with Gasteiger partial charge in [-0.2, -0.15) is 0 Å². The topological polar surface area (TPSA) is 32.3 Å². The number of likely N-dealkylation sites (N-methyl/N-ethyl adjacent to an activating group) is 1. The molecule has 0 aliphatic carbocycles. The number of rotatable bonds is 5. The van der Waals surface area contributed by atoms with Crippen LogP contribution in [0.2, 0.25) is 0 Å². The SMILES string of the molecule is CCC(CC)CNC1CCN(C)C1=O. The molecule has 82 valence electrons. The third-order valence-corrected chi connectivity index (χ3v) is 3.24. The van der Waals surface area contributed by atoms with Crippen molar-refractivity contribution in [3.63, 3.8) is 0 Å². The van der Waals surface area contributed by atoms with Crippen molar-refractivity contribution in [3.05, 3.63) is 0 Å². The van der Waals surface area contributed by atoms with Crippen LogP contribution in [-0.2, 0) is 4.79 Å². The molecule has 1 unspecified atom stereocenters. The van der Waals surface area contributed by atoms with Crippen LogP contribution < -0.4 is 5.32 Å². The quantitative estimate of drug-likeness (QED) is 0.721. The molecule has 1 fully saturated rings. The Hall–Kier alpha value is -0.570. The zero-order valence-electron chi connectivity index (χ0n) is 9.55. The minimum Gasteiger partial charge on any atom is -0.344 e. The number of hydrogen-bond acceptors (Lipinski definition) is 2. The second-order valence-electron chi connectivity index (χ2n) is 4.19. The van der Waals surface area contributed by atoms with Crippen LogP contribution >= 0.6 is 0 Å². The molecule has 0 radical (unpaired) electrons. The van der Waals surface area contributed by atoms with Gasteiger partial charge in [-0.1, -0.05) is 26.7 Å². The second-order valence-corrected chi connectivity index (χ2v) is 4.19. The zero-order valence-corrected chi connectivity index (χ0v) is 9.55. The molecule has 1 amide bonds. The lowest BCUT2D eigenvalue weighted by Crippen LogP contribution is -2.39. The molecule has 0 aromatic rings. The lowest BCUT2D eigenvalue weighted by molar-refractivity contribution is -0.128. The molecule has 1 saturated heterocycles. The Morgan fingerprint density at radius 2 is 2.14 bits per heavy atom. The number of hydrogen-bond donors (Lipinski definition) is 1. The van der Waals surface area contributed by atoms with Crippen LogP contribution in [0.25, 0.3) is 0 Å². The van der Waals surface area contributed by atoms with Gasteiger partial charge in [-0.25, -0.2) is 0 Å². The molecule has 0 saturated carbocycles. The molecular weight excluding hydrogens is 176 g/mol. The third kappa shape index (κ3) is 2.71. The van der Waals surface area contributed by atoms with Crippen LogP contribution in [0.15, 0.2) is 0 Å². The Labute approximate surface area is 86.9 Å². The molecule has 3 heteroatoms. The summed E-state index contributed by atoms with van der Waals surface area (Å²) in [6.45, 7) is 6.30. The minimum absolute atomic E-state index is 0.0839. The number of likely N-dealkylation sites (tertiary alicyclic amines) is 1. The fourth-order valence-corrected chi connectivity index (χ4v) is 1.90. The van der Waals surface area contributed by atoms with Crippen molar-refractivity contribution in [1.82, 2.24) is 10.2 Å². The Morgan fingerprint density at radius 1 is 1.50 bits per heavy atom. The molecule has 14 heavy (non-hydrogen) atoms. The first-order chi connectivity index (χ1) is 6.69. The molecular formula is C11H22N2O. The van der Waals surface area contributed by atoms with Crippen molar-refractivity contribution in [2.75, 3.05) is 20.1 Å². The summed E-state index contributed by atoms with van der Waals surface area (Å²) in [6, 6.07) is 0.0839. The van der Waals surface area contributed by atoms with Gasteiger partial charge in [-0.3, -0.25) is 4.79 Å². The van der Waals surface area contributed by atoms with Crippen LogP contribution in [0.3, 0.4) is 0 Å². The largest absolute Gasteiger partial charge is 0.344 e. The highest BCUT2D eigenvalue weighted by Gasteiger charge is 2.28. The maximum atomic E-state index is 11.6. The van der Waals surface area contributed by atoms with E-state index in [1.807, 2.05) is 11.9 Å². The van der Waals surface area contributed by atoms with E-state index in [4.69, 9.17) is 0 Å². The average Bonchev–Trinajstić information content (AvgIpc) is 2.51. The maximum absolute atomic E-state index is 11.6. The maximum Gasteiger partial charge on any atom is 0.239 e. The van der Waals surface area contributed by atoms with E-state index in [1.165, 1.54) is 12.8 Å². The van der Waals surface area contributed by atoms with Gasteiger partial charge >= 0.3 is 0 Å². The summed E-state index contributed by atoms with van der Waals surface area (Å²) in [7, 11) is 1.88. The standard InChI is InChI=1S/C11H22N2O/c1-4-9(5-2)8-12-10-6-7-13(3)11(10)14/h9-10,12H,4-8H2,1-3H3. The van der Waals surface area contributed by atoms with Crippen LogP contribution in [0.4, 0.5) is 0 Å². The molecule has 0 aromatic heterocycles. The van der Waals surface area contributed by atoms with Gasteiger partial charge in [0.15, 0.2) is 0 Å². The number of carbonyl (C=O) groups excluding carboxylic acids is 1. The van der Waals surface area contributed by atoms with Gasteiger partial charge in [-0.05, 0) is 18.9 Å². The van der Waals surface area contributed by atoms with Crippen molar-refractivity contribution in [2.24, 2.45) is 5.92 Å². The fourth-order valence-electron chi connectivity index (χ4n) is 1.90. The smallest absolute Gasteiger partial charge is 0.239 e. The van der Waals surface area contributed by atoms with Gasteiger partial charge in [0.2, 0.25) is 5.91 Å². The molecule has 0 spiro atoms. The van der Waals surface area contributed by atoms with Crippen molar-refractivity contribution in [3.8, 4) is 0 Å². The van der Waals surface area contributed by atoms with Gasteiger partial charge in [0.05, 0.1) is 6.04 Å². The second kappa shape index (κ2) is 5.35. The number of nitrogens with one attached hydrogen (secondary N) is 1. The predicted octanol–water partition coefficient (Wildman–Crippen LogP) is 1.24. The first-order valence-electron chi connectivity index (χ1n) is 5.67. The number of carbonyl (C=O) groups is 1. The zero-order chi connectivity index (χ0) is 10.6. The summed E-state index contributed by atoms with van der Waals surface area (Å²) in [5.41, 5.74) is 0. The highest BCUT2D eigenvalue weighted by Crippen LogP contribution is 2.11. The Kier molecular flexibility index (Phi) is 4.39. The Bertz CT molecular complexity index is 190. The summed E-state index contributed by atoms with van der Waals surface area (Å²) in [4.78, 5) is 13.4. The fraction of sp³-hybridized carbons (Fsp3) is 0.909. The molecule has 1 N–H and O–H groups in total. The predicted molar refractivity (Wildman–Crippen MR) is 58.1 cm³/mol. The lowest BCUT2D eigenvalue weighted by atomic mass is 10.0. The van der Waals surface area contributed by atoms with Crippen molar-refractivity contribution >= 4 is 5.91 Å². The lowest BCUT2D eigenvalue weighted by Gasteiger charge is -2.17. The van der Waals surface area contributed by atoms with E-state index in [9.17, 15) is 4.79 Å². The number of amides is 1. The van der Waals surface area contributed by atoms with Crippen molar-refractivity contribution in [1.29, 1.82) is 0 Å². The summed E-state index contributed by atoms with van der Waals surface area (Å²) >= 11 is 0. The van der Waals surface area contributed by atoms with E-state index in [-0.39, 0.29) is 11.9 Å². The monoisotopic (exact) mass is 198 g/mol. The van der Waals surface area contributed by atoms with Crippen LogP contribution in [0.5, 0.6) is 0 Å². The summed E-state index contributed by atoms with van der Waals surface area (Å²) < 4.78 is 0. The van der Waals surface area contributed by atoms with Crippen LogP contribution in [0, 0.1) is 5.92 Å². The van der Waals surface area contributed by atoms with Gasteiger partial charge < -0.3 is 10.2 Å². The van der Waals surface area contributed by atoms with E-state index in [1.54, 1.807) is 0 Å². The molecule has 3 nitrogen and oxygen atoms in total.